The number of ether oxygens (including phenoxy) is 1. The number of benzene rings is 1. The second-order valence-electron chi connectivity index (χ2n) is 3.38. The second-order valence-corrected chi connectivity index (χ2v) is 3.74. The van der Waals surface area contributed by atoms with Gasteiger partial charge in [-0.1, -0.05) is 29.8 Å². The van der Waals surface area contributed by atoms with Crippen molar-refractivity contribution in [3.8, 4) is 0 Å². The number of rotatable bonds is 1. The molecule has 1 aliphatic heterocycles. The Morgan fingerprint density at radius 3 is 2.93 bits per heavy atom. The highest BCUT2D eigenvalue weighted by Crippen LogP contribution is 2.35. The molecule has 1 aromatic carbocycles. The van der Waals surface area contributed by atoms with Gasteiger partial charge in [0.15, 0.2) is 0 Å². The van der Waals surface area contributed by atoms with Crippen LogP contribution in [0.3, 0.4) is 0 Å². The lowest BCUT2D eigenvalue weighted by Gasteiger charge is -2.02. The largest absolute Gasteiger partial charge is 0.368 e. The van der Waals surface area contributed by atoms with Crippen LogP contribution in [0.25, 0.3) is 10.9 Å². The van der Waals surface area contributed by atoms with E-state index in [0.717, 1.165) is 23.1 Å². The van der Waals surface area contributed by atoms with Crippen molar-refractivity contribution in [3.63, 3.8) is 0 Å². The van der Waals surface area contributed by atoms with E-state index in [4.69, 9.17) is 16.3 Å². The third kappa shape index (κ3) is 1.27. The summed E-state index contributed by atoms with van der Waals surface area (Å²) in [6.45, 7) is 0.764. The Morgan fingerprint density at radius 2 is 2.14 bits per heavy atom. The first-order chi connectivity index (χ1) is 6.84. The molecule has 0 spiro atoms. The second kappa shape index (κ2) is 2.94. The van der Waals surface area contributed by atoms with Crippen LogP contribution >= 0.6 is 11.6 Å². The molecule has 0 radical (unpaired) electrons. The summed E-state index contributed by atoms with van der Waals surface area (Å²) < 4.78 is 5.20. The van der Waals surface area contributed by atoms with E-state index in [9.17, 15) is 0 Å². The summed E-state index contributed by atoms with van der Waals surface area (Å²) in [5, 5.41) is 1.67. The standard InChI is InChI=1S/C11H8ClNO/c12-11-8(10-6-14-10)5-7-3-1-2-4-9(7)13-11/h1-5,10H,6H2/t10-/m0/s1. The molecule has 3 rings (SSSR count). The molecule has 70 valence electrons. The van der Waals surface area contributed by atoms with Crippen molar-refractivity contribution in [3.05, 3.63) is 41.0 Å². The van der Waals surface area contributed by atoms with Crippen LogP contribution in [0.15, 0.2) is 30.3 Å². The van der Waals surface area contributed by atoms with Gasteiger partial charge in [-0.05, 0) is 12.1 Å². The smallest absolute Gasteiger partial charge is 0.135 e. The number of para-hydroxylation sites is 1. The Hall–Kier alpha value is -1.12. The molecule has 0 aliphatic carbocycles. The quantitative estimate of drug-likeness (QED) is 0.528. The van der Waals surface area contributed by atoms with Gasteiger partial charge in [0.1, 0.15) is 11.3 Å². The molecule has 1 aliphatic rings. The molecular formula is C11H8ClNO. The van der Waals surface area contributed by atoms with Gasteiger partial charge >= 0.3 is 0 Å². The monoisotopic (exact) mass is 205 g/mol. The first-order valence-corrected chi connectivity index (χ1v) is 4.89. The van der Waals surface area contributed by atoms with Crippen LogP contribution in [0.5, 0.6) is 0 Å². The molecule has 0 saturated carbocycles. The molecule has 2 heterocycles. The number of hydrogen-bond donors (Lipinski definition) is 0. The Balaban J connectivity index is 2.26. The average molecular weight is 206 g/mol. The Bertz CT molecular complexity index is 494. The van der Waals surface area contributed by atoms with Crippen molar-refractivity contribution >= 4 is 22.5 Å². The zero-order valence-electron chi connectivity index (χ0n) is 7.40. The van der Waals surface area contributed by atoms with Crippen LogP contribution in [0.2, 0.25) is 5.15 Å². The number of halogens is 1. The fraction of sp³-hybridized carbons (Fsp3) is 0.182. The molecule has 1 aromatic heterocycles. The molecule has 14 heavy (non-hydrogen) atoms. The van der Waals surface area contributed by atoms with Crippen molar-refractivity contribution in [2.45, 2.75) is 6.10 Å². The van der Waals surface area contributed by atoms with Gasteiger partial charge in [0, 0.05) is 10.9 Å². The van der Waals surface area contributed by atoms with E-state index in [0.29, 0.717) is 5.15 Å². The minimum atomic E-state index is 0.166. The molecule has 1 atom stereocenters. The van der Waals surface area contributed by atoms with Gasteiger partial charge < -0.3 is 4.74 Å². The number of nitrogens with zero attached hydrogens (tertiary/aromatic N) is 1. The SMILES string of the molecule is Clc1nc2ccccc2cc1[C@@H]1CO1. The maximum atomic E-state index is 6.05. The highest BCUT2D eigenvalue weighted by Gasteiger charge is 2.27. The average Bonchev–Trinajstić information content (AvgIpc) is 3.00. The van der Waals surface area contributed by atoms with Gasteiger partial charge in [-0.3, -0.25) is 0 Å². The van der Waals surface area contributed by atoms with E-state index in [2.05, 4.69) is 11.1 Å². The predicted octanol–water partition coefficient (Wildman–Crippen LogP) is 2.96. The summed E-state index contributed by atoms with van der Waals surface area (Å²) >= 11 is 6.05. The van der Waals surface area contributed by atoms with Gasteiger partial charge in [-0.15, -0.1) is 0 Å². The summed E-state index contributed by atoms with van der Waals surface area (Å²) in [5.41, 5.74) is 1.94. The van der Waals surface area contributed by atoms with Crippen LogP contribution in [-0.4, -0.2) is 11.6 Å². The molecular weight excluding hydrogens is 198 g/mol. The number of pyridine rings is 1. The minimum Gasteiger partial charge on any atom is -0.368 e. The van der Waals surface area contributed by atoms with E-state index in [1.54, 1.807) is 0 Å². The fourth-order valence-electron chi connectivity index (χ4n) is 1.56. The molecule has 1 fully saturated rings. The highest BCUT2D eigenvalue weighted by atomic mass is 35.5. The van der Waals surface area contributed by atoms with Crippen molar-refractivity contribution in [2.24, 2.45) is 0 Å². The lowest BCUT2D eigenvalue weighted by Crippen LogP contribution is -1.88. The maximum Gasteiger partial charge on any atom is 0.135 e. The van der Waals surface area contributed by atoms with Crippen LogP contribution in [0.1, 0.15) is 11.7 Å². The molecule has 2 nitrogen and oxygen atoms in total. The number of fused-ring (bicyclic) bond motifs is 1. The summed E-state index contributed by atoms with van der Waals surface area (Å²) in [6.07, 6.45) is 0.166. The molecule has 0 bridgehead atoms. The highest BCUT2D eigenvalue weighted by molar-refractivity contribution is 6.30. The van der Waals surface area contributed by atoms with Crippen molar-refractivity contribution < 1.29 is 4.74 Å². The fourth-order valence-corrected chi connectivity index (χ4v) is 1.83. The van der Waals surface area contributed by atoms with E-state index >= 15 is 0 Å². The lowest BCUT2D eigenvalue weighted by molar-refractivity contribution is 0.415. The number of epoxide rings is 1. The number of aromatic nitrogens is 1. The maximum absolute atomic E-state index is 6.05. The summed E-state index contributed by atoms with van der Waals surface area (Å²) in [7, 11) is 0. The summed E-state index contributed by atoms with van der Waals surface area (Å²) in [4.78, 5) is 4.32. The summed E-state index contributed by atoms with van der Waals surface area (Å²) in [5.74, 6) is 0. The molecule has 3 heteroatoms. The Kier molecular flexibility index (Phi) is 1.72. The third-order valence-corrected chi connectivity index (χ3v) is 2.69. The molecule has 0 unspecified atom stereocenters. The zero-order chi connectivity index (χ0) is 9.54. The first kappa shape index (κ1) is 8.21. The lowest BCUT2D eigenvalue weighted by atomic mass is 10.1. The van der Waals surface area contributed by atoms with E-state index < -0.39 is 0 Å². The van der Waals surface area contributed by atoms with E-state index in [1.165, 1.54) is 0 Å². The van der Waals surface area contributed by atoms with E-state index in [-0.39, 0.29) is 6.10 Å². The van der Waals surface area contributed by atoms with Gasteiger partial charge in [-0.2, -0.15) is 0 Å². The number of hydrogen-bond acceptors (Lipinski definition) is 2. The van der Waals surface area contributed by atoms with Gasteiger partial charge in [0.2, 0.25) is 0 Å². The summed E-state index contributed by atoms with van der Waals surface area (Å²) in [6, 6.07) is 10.0. The Labute approximate surface area is 86.5 Å². The minimum absolute atomic E-state index is 0.166. The Morgan fingerprint density at radius 1 is 1.36 bits per heavy atom. The van der Waals surface area contributed by atoms with Gasteiger partial charge in [0.25, 0.3) is 0 Å². The van der Waals surface area contributed by atoms with Crippen LogP contribution in [-0.2, 0) is 4.74 Å². The molecule has 1 saturated heterocycles. The van der Waals surface area contributed by atoms with E-state index in [1.807, 2.05) is 24.3 Å². The normalized spacial score (nSPS) is 19.9. The third-order valence-electron chi connectivity index (χ3n) is 2.38. The molecule has 0 N–H and O–H groups in total. The topological polar surface area (TPSA) is 25.4 Å². The first-order valence-electron chi connectivity index (χ1n) is 4.51. The van der Waals surface area contributed by atoms with Crippen LogP contribution in [0, 0.1) is 0 Å². The van der Waals surface area contributed by atoms with Crippen molar-refractivity contribution in [1.29, 1.82) is 0 Å². The van der Waals surface area contributed by atoms with Crippen molar-refractivity contribution in [2.75, 3.05) is 6.61 Å². The van der Waals surface area contributed by atoms with Crippen molar-refractivity contribution in [1.82, 2.24) is 4.98 Å². The predicted molar refractivity (Wildman–Crippen MR) is 55.4 cm³/mol. The van der Waals surface area contributed by atoms with Crippen LogP contribution in [0.4, 0.5) is 0 Å². The molecule has 2 aromatic rings. The van der Waals surface area contributed by atoms with Crippen LogP contribution < -0.4 is 0 Å². The van der Waals surface area contributed by atoms with Gasteiger partial charge in [-0.25, -0.2) is 4.98 Å². The molecule has 0 amide bonds. The zero-order valence-corrected chi connectivity index (χ0v) is 8.16. The van der Waals surface area contributed by atoms with Gasteiger partial charge in [0.05, 0.1) is 12.1 Å².